The van der Waals surface area contributed by atoms with Gasteiger partial charge < -0.3 is 15.2 Å². The number of imidazole rings is 1. The largest absolute Gasteiger partial charge is 0.489 e. The van der Waals surface area contributed by atoms with Gasteiger partial charge in [-0.2, -0.15) is 0 Å². The molecule has 0 unspecified atom stereocenters. The number of rotatable bonds is 6. The molecule has 6 rings (SSSR count). The predicted octanol–water partition coefficient (Wildman–Crippen LogP) is 5.41. The van der Waals surface area contributed by atoms with Crippen LogP contribution in [0.25, 0.3) is 27.7 Å². The van der Waals surface area contributed by atoms with Gasteiger partial charge in [-0.25, -0.2) is 9.37 Å². The molecule has 0 aliphatic carbocycles. The highest BCUT2D eigenvalue weighted by atomic mass is 19.1. The number of nitrogens with two attached hydrogens (primary N) is 1. The Morgan fingerprint density at radius 3 is 2.65 bits per heavy atom. The second kappa shape index (κ2) is 9.33. The van der Waals surface area contributed by atoms with Crippen LogP contribution >= 0.6 is 0 Å². The van der Waals surface area contributed by atoms with Crippen molar-refractivity contribution in [2.75, 3.05) is 13.2 Å². The normalized spacial score (nSPS) is 15.2. The Morgan fingerprint density at radius 1 is 1.05 bits per heavy atom. The number of hydrogen-bond donors (Lipinski definition) is 1. The van der Waals surface area contributed by atoms with Crippen molar-refractivity contribution in [3.8, 4) is 16.9 Å². The minimum atomic E-state index is -0.956. The van der Waals surface area contributed by atoms with Gasteiger partial charge in [0.05, 0.1) is 10.9 Å². The molecule has 0 radical (unpaired) electrons. The van der Waals surface area contributed by atoms with Crippen molar-refractivity contribution in [1.29, 1.82) is 0 Å². The molecule has 0 atom stereocenters. The number of benzene rings is 3. The summed E-state index contributed by atoms with van der Waals surface area (Å²) in [6, 6.07) is 22.9. The number of nitrogens with zero attached hydrogens (tertiary/aromatic N) is 2. The van der Waals surface area contributed by atoms with Crippen molar-refractivity contribution in [2.45, 2.75) is 24.9 Å². The summed E-state index contributed by atoms with van der Waals surface area (Å²) in [6.45, 7) is 1.04. The van der Waals surface area contributed by atoms with Crippen molar-refractivity contribution in [2.24, 2.45) is 5.73 Å². The van der Waals surface area contributed by atoms with Crippen LogP contribution in [-0.4, -0.2) is 28.5 Å². The first-order valence-corrected chi connectivity index (χ1v) is 12.3. The predicted molar refractivity (Wildman–Crippen MR) is 140 cm³/mol. The summed E-state index contributed by atoms with van der Waals surface area (Å²) in [6.07, 6.45) is 4.56. The molecule has 3 heterocycles. The van der Waals surface area contributed by atoms with Crippen molar-refractivity contribution in [3.05, 3.63) is 102 Å². The molecular formula is C30H26FN3O3. The average molecular weight is 496 g/mol. The van der Waals surface area contributed by atoms with E-state index in [4.69, 9.17) is 15.2 Å². The van der Waals surface area contributed by atoms with Crippen LogP contribution in [0.15, 0.2) is 85.2 Å². The fourth-order valence-corrected chi connectivity index (χ4v) is 5.27. The zero-order valence-electron chi connectivity index (χ0n) is 20.2. The number of ether oxygens (including phenoxy) is 2. The Bertz CT molecular complexity index is 1610. The molecule has 6 nitrogen and oxygen atoms in total. The quantitative estimate of drug-likeness (QED) is 0.342. The monoisotopic (exact) mass is 495 g/mol. The van der Waals surface area contributed by atoms with Gasteiger partial charge in [0.1, 0.15) is 23.8 Å². The maximum absolute atomic E-state index is 14.6. The molecule has 2 aromatic heterocycles. The van der Waals surface area contributed by atoms with Gasteiger partial charge >= 0.3 is 0 Å². The van der Waals surface area contributed by atoms with E-state index in [1.54, 1.807) is 12.3 Å². The first kappa shape index (κ1) is 23.2. The lowest BCUT2D eigenvalue weighted by atomic mass is 9.73. The van der Waals surface area contributed by atoms with Gasteiger partial charge in [0, 0.05) is 37.1 Å². The Labute approximate surface area is 213 Å². The van der Waals surface area contributed by atoms with Gasteiger partial charge in [0.15, 0.2) is 0 Å². The lowest BCUT2D eigenvalue weighted by Crippen LogP contribution is -2.45. The van der Waals surface area contributed by atoms with E-state index in [2.05, 4.69) is 35.3 Å². The van der Waals surface area contributed by atoms with Crippen LogP contribution in [0.3, 0.4) is 0 Å². The number of amides is 1. The summed E-state index contributed by atoms with van der Waals surface area (Å²) < 4.78 is 28.1. The van der Waals surface area contributed by atoms with Gasteiger partial charge in [-0.3, -0.25) is 9.20 Å². The fraction of sp³-hybridized carbons (Fsp3) is 0.200. The number of carbonyl (C=O) groups excluding carboxylic acids is 1. The Kier molecular flexibility index (Phi) is 5.85. The van der Waals surface area contributed by atoms with Crippen molar-refractivity contribution in [1.82, 2.24) is 9.38 Å². The topological polar surface area (TPSA) is 78.9 Å². The summed E-state index contributed by atoms with van der Waals surface area (Å²) in [7, 11) is 0. The number of primary amides is 1. The highest BCUT2D eigenvalue weighted by molar-refractivity contribution is 5.97. The number of aromatic nitrogens is 2. The summed E-state index contributed by atoms with van der Waals surface area (Å²) in [5, 5.41) is 1.09. The van der Waals surface area contributed by atoms with Gasteiger partial charge in [-0.15, -0.1) is 0 Å². The molecule has 5 aromatic rings. The van der Waals surface area contributed by atoms with Crippen LogP contribution in [0.4, 0.5) is 4.39 Å². The van der Waals surface area contributed by atoms with Crippen LogP contribution in [0.5, 0.6) is 5.75 Å². The molecular weight excluding hydrogens is 469 g/mol. The molecule has 0 bridgehead atoms. The lowest BCUT2D eigenvalue weighted by Gasteiger charge is -2.34. The molecule has 3 aromatic carbocycles. The summed E-state index contributed by atoms with van der Waals surface area (Å²) in [5.41, 5.74) is 10.4. The van der Waals surface area contributed by atoms with E-state index in [1.165, 1.54) is 12.1 Å². The van der Waals surface area contributed by atoms with E-state index >= 15 is 0 Å². The first-order chi connectivity index (χ1) is 18.0. The Morgan fingerprint density at radius 2 is 1.86 bits per heavy atom. The molecule has 1 aliphatic rings. The highest BCUT2D eigenvalue weighted by Crippen LogP contribution is 2.37. The standard InChI is InChI=1S/C30H26FN3O3/c31-23-15-22(30(29(32)35)8-12-36-13-9-30)16-24(17-23)37-19-20-6-7-25-26(21-4-2-1-3-5-21)18-28-33-10-11-34(28)27(25)14-20/h1-7,10-11,14-18H,8-9,12-13,19H2,(H2,32,35). The molecule has 1 aliphatic heterocycles. The van der Waals surface area contributed by atoms with Crippen LogP contribution in [0, 0.1) is 5.82 Å². The SMILES string of the molecule is NC(=O)C1(c2cc(F)cc(OCc3ccc4c(-c5ccccc5)cc5nccn5c4c3)c2)CCOCC1. The smallest absolute Gasteiger partial charge is 0.228 e. The Hall–Kier alpha value is -4.23. The minimum absolute atomic E-state index is 0.233. The zero-order chi connectivity index (χ0) is 25.4. The van der Waals surface area contributed by atoms with Crippen molar-refractivity contribution < 1.29 is 18.7 Å². The zero-order valence-corrected chi connectivity index (χ0v) is 20.2. The molecule has 0 spiro atoms. The molecule has 1 saturated heterocycles. The second-order valence-corrected chi connectivity index (χ2v) is 9.45. The van der Waals surface area contributed by atoms with Gasteiger partial charge in [-0.1, -0.05) is 42.5 Å². The van der Waals surface area contributed by atoms with E-state index in [0.29, 0.717) is 37.4 Å². The van der Waals surface area contributed by atoms with Crippen LogP contribution in [-0.2, 0) is 21.6 Å². The Balaban J connectivity index is 1.34. The summed E-state index contributed by atoms with van der Waals surface area (Å²) in [5.74, 6) is -0.584. The summed E-state index contributed by atoms with van der Waals surface area (Å²) in [4.78, 5) is 16.9. The molecule has 37 heavy (non-hydrogen) atoms. The second-order valence-electron chi connectivity index (χ2n) is 9.45. The highest BCUT2D eigenvalue weighted by Gasteiger charge is 2.40. The minimum Gasteiger partial charge on any atom is -0.489 e. The number of pyridine rings is 1. The number of carbonyl (C=O) groups is 1. The molecule has 1 amide bonds. The van der Waals surface area contributed by atoms with Gasteiger partial charge in [0.25, 0.3) is 0 Å². The maximum atomic E-state index is 14.6. The van der Waals surface area contributed by atoms with E-state index in [0.717, 1.165) is 33.2 Å². The molecule has 1 fully saturated rings. The number of fused-ring (bicyclic) bond motifs is 3. The number of hydrogen-bond acceptors (Lipinski definition) is 4. The van der Waals surface area contributed by atoms with E-state index in [-0.39, 0.29) is 6.61 Å². The maximum Gasteiger partial charge on any atom is 0.228 e. The van der Waals surface area contributed by atoms with Gasteiger partial charge in [0.2, 0.25) is 5.91 Å². The fourth-order valence-electron chi connectivity index (χ4n) is 5.27. The average Bonchev–Trinajstić information content (AvgIpc) is 3.41. The van der Waals surface area contributed by atoms with E-state index in [9.17, 15) is 9.18 Å². The third-order valence-corrected chi connectivity index (χ3v) is 7.29. The van der Waals surface area contributed by atoms with Crippen molar-refractivity contribution in [3.63, 3.8) is 0 Å². The molecule has 2 N–H and O–H groups in total. The van der Waals surface area contributed by atoms with Crippen LogP contribution in [0.2, 0.25) is 0 Å². The third-order valence-electron chi connectivity index (χ3n) is 7.29. The van der Waals surface area contributed by atoms with E-state index < -0.39 is 17.1 Å². The first-order valence-electron chi connectivity index (χ1n) is 12.3. The molecule has 186 valence electrons. The number of halogens is 1. The van der Waals surface area contributed by atoms with E-state index in [1.807, 2.05) is 34.9 Å². The third kappa shape index (κ3) is 4.21. The molecule has 7 heteroatoms. The van der Waals surface area contributed by atoms with Crippen molar-refractivity contribution >= 4 is 22.5 Å². The van der Waals surface area contributed by atoms with Gasteiger partial charge in [-0.05, 0) is 59.4 Å². The lowest BCUT2D eigenvalue weighted by molar-refractivity contribution is -0.127. The molecule has 0 saturated carbocycles. The van der Waals surface area contributed by atoms with Crippen LogP contribution in [0.1, 0.15) is 24.0 Å². The summed E-state index contributed by atoms with van der Waals surface area (Å²) >= 11 is 0. The van der Waals surface area contributed by atoms with Crippen LogP contribution < -0.4 is 10.5 Å².